The predicted molar refractivity (Wildman–Crippen MR) is 103 cm³/mol. The van der Waals surface area contributed by atoms with Crippen LogP contribution in [0.1, 0.15) is 43.6 Å². The van der Waals surface area contributed by atoms with E-state index in [1.807, 2.05) is 13.8 Å². The van der Waals surface area contributed by atoms with Crippen LogP contribution < -0.4 is 10.9 Å². The number of fused-ring (bicyclic) bond motifs is 1. The molecule has 0 fully saturated rings. The van der Waals surface area contributed by atoms with E-state index in [0.717, 1.165) is 12.5 Å². The van der Waals surface area contributed by atoms with Crippen molar-refractivity contribution in [1.82, 2.24) is 19.7 Å². The van der Waals surface area contributed by atoms with Gasteiger partial charge in [-0.15, -0.1) is 0 Å². The summed E-state index contributed by atoms with van der Waals surface area (Å²) in [6, 6.07) is 5.69. The number of benzene rings is 1. The van der Waals surface area contributed by atoms with Gasteiger partial charge < -0.3 is 10.4 Å². The molecule has 3 aromatic rings. The molecule has 0 aliphatic heterocycles. The zero-order chi connectivity index (χ0) is 20.6. The summed E-state index contributed by atoms with van der Waals surface area (Å²) in [4.78, 5) is 19.5. The zero-order valence-electron chi connectivity index (χ0n) is 16.1. The lowest BCUT2D eigenvalue weighted by molar-refractivity contribution is 0.0174. The lowest BCUT2D eigenvalue weighted by Crippen LogP contribution is -2.20. The van der Waals surface area contributed by atoms with Gasteiger partial charge in [-0.2, -0.15) is 10.1 Å². The van der Waals surface area contributed by atoms with Crippen molar-refractivity contribution in [2.24, 2.45) is 5.92 Å². The second-order valence-corrected chi connectivity index (χ2v) is 7.11. The van der Waals surface area contributed by atoms with Crippen molar-refractivity contribution in [3.8, 4) is 0 Å². The molecule has 28 heavy (non-hydrogen) atoms. The Hall–Kier alpha value is -2.81. The van der Waals surface area contributed by atoms with Gasteiger partial charge in [0.25, 0.3) is 11.5 Å². The van der Waals surface area contributed by atoms with Gasteiger partial charge in [0.1, 0.15) is 11.1 Å². The number of hydrogen-bond acceptors (Lipinski definition) is 5. The van der Waals surface area contributed by atoms with Gasteiger partial charge in [-0.3, -0.25) is 9.78 Å². The van der Waals surface area contributed by atoms with Crippen LogP contribution in [-0.4, -0.2) is 31.9 Å². The maximum Gasteiger partial charge on any atom is 0.270 e. The molecule has 7 nitrogen and oxygen atoms in total. The molecule has 0 bridgehead atoms. The summed E-state index contributed by atoms with van der Waals surface area (Å²) in [5.41, 5.74) is 0.805. The zero-order valence-corrected chi connectivity index (χ0v) is 16.1. The molecule has 3 N–H and O–H groups in total. The van der Waals surface area contributed by atoms with Gasteiger partial charge in [0, 0.05) is 19.5 Å². The van der Waals surface area contributed by atoms with E-state index >= 15 is 0 Å². The molecule has 0 aliphatic rings. The summed E-state index contributed by atoms with van der Waals surface area (Å²) in [5, 5.41) is 17.1. The largest absolute Gasteiger partial charge is 0.390 e. The lowest BCUT2D eigenvalue weighted by atomic mass is 9.94. The highest BCUT2D eigenvalue weighted by atomic mass is 19.3. The predicted octanol–water partition coefficient (Wildman–Crippen LogP) is 3.01. The standard InChI is InChI=1S/C19H23F2N5O2/c1-10(2)15(11-5-7-12(8-6-11)19(3,20)21)26-16-14(13(9-27)25-26)17(28)24-18(22-4)23-16/h5-8,10,15,27H,9H2,1-4H3,(H2,22,23,24,28)/t15-/m1/s1. The third-order valence-electron chi connectivity index (χ3n) is 4.67. The second-order valence-electron chi connectivity index (χ2n) is 7.11. The summed E-state index contributed by atoms with van der Waals surface area (Å²) >= 11 is 0. The second kappa shape index (κ2) is 7.31. The van der Waals surface area contributed by atoms with E-state index in [1.54, 1.807) is 23.9 Å². The quantitative estimate of drug-likeness (QED) is 0.600. The van der Waals surface area contributed by atoms with Crippen molar-refractivity contribution < 1.29 is 13.9 Å². The summed E-state index contributed by atoms with van der Waals surface area (Å²) in [5.74, 6) is -2.64. The molecule has 0 unspecified atom stereocenters. The maximum absolute atomic E-state index is 13.6. The maximum atomic E-state index is 13.6. The van der Waals surface area contributed by atoms with Gasteiger partial charge >= 0.3 is 0 Å². The Morgan fingerprint density at radius 3 is 2.43 bits per heavy atom. The fourth-order valence-corrected chi connectivity index (χ4v) is 3.32. The number of aliphatic hydroxyl groups excluding tert-OH is 1. The molecule has 1 atom stereocenters. The molecule has 1 aromatic carbocycles. The summed E-state index contributed by atoms with van der Waals surface area (Å²) < 4.78 is 28.7. The summed E-state index contributed by atoms with van der Waals surface area (Å²) in [6.45, 7) is 4.36. The first-order chi connectivity index (χ1) is 13.2. The Balaban J connectivity index is 2.21. The first-order valence-electron chi connectivity index (χ1n) is 8.95. The normalized spacial score (nSPS) is 13.3. The number of nitrogens with one attached hydrogen (secondary N) is 2. The average Bonchev–Trinajstić information content (AvgIpc) is 3.00. The van der Waals surface area contributed by atoms with Crippen molar-refractivity contribution in [1.29, 1.82) is 0 Å². The van der Waals surface area contributed by atoms with Crippen LogP contribution >= 0.6 is 0 Å². The Morgan fingerprint density at radius 1 is 1.29 bits per heavy atom. The molecule has 150 valence electrons. The van der Waals surface area contributed by atoms with Crippen LogP contribution in [0.25, 0.3) is 11.0 Å². The van der Waals surface area contributed by atoms with Crippen molar-refractivity contribution in [2.75, 3.05) is 12.4 Å². The Kier molecular flexibility index (Phi) is 5.20. The number of rotatable bonds is 6. The first-order valence-corrected chi connectivity index (χ1v) is 8.95. The highest BCUT2D eigenvalue weighted by molar-refractivity contribution is 5.78. The number of alkyl halides is 2. The third kappa shape index (κ3) is 3.49. The third-order valence-corrected chi connectivity index (χ3v) is 4.67. The first kappa shape index (κ1) is 19.9. The fraction of sp³-hybridized carbons (Fsp3) is 0.421. The number of anilines is 1. The number of aromatic nitrogens is 4. The Labute approximate surface area is 160 Å². The van der Waals surface area contributed by atoms with E-state index in [0.29, 0.717) is 5.65 Å². The van der Waals surface area contributed by atoms with Crippen molar-refractivity contribution in [2.45, 2.75) is 39.3 Å². The monoisotopic (exact) mass is 391 g/mol. The fourth-order valence-electron chi connectivity index (χ4n) is 3.32. The minimum Gasteiger partial charge on any atom is -0.390 e. The molecule has 0 radical (unpaired) electrons. The topological polar surface area (TPSA) is 95.8 Å². The number of aliphatic hydroxyl groups is 1. The highest BCUT2D eigenvalue weighted by Crippen LogP contribution is 2.32. The smallest absolute Gasteiger partial charge is 0.270 e. The van der Waals surface area contributed by atoms with Crippen LogP contribution in [0.4, 0.5) is 14.7 Å². The van der Waals surface area contributed by atoms with Crippen LogP contribution in [0.5, 0.6) is 0 Å². The van der Waals surface area contributed by atoms with Gasteiger partial charge in [-0.1, -0.05) is 38.1 Å². The summed E-state index contributed by atoms with van der Waals surface area (Å²) in [6.07, 6.45) is 0. The molecule has 9 heteroatoms. The Morgan fingerprint density at radius 2 is 1.93 bits per heavy atom. The van der Waals surface area contributed by atoms with Gasteiger partial charge in [0.2, 0.25) is 5.95 Å². The van der Waals surface area contributed by atoms with Crippen molar-refractivity contribution in [3.63, 3.8) is 0 Å². The van der Waals surface area contributed by atoms with Gasteiger partial charge in [0.15, 0.2) is 5.65 Å². The van der Waals surface area contributed by atoms with E-state index in [4.69, 9.17) is 0 Å². The number of halogens is 2. The van der Waals surface area contributed by atoms with Crippen LogP contribution in [0.2, 0.25) is 0 Å². The molecule has 0 amide bonds. The van der Waals surface area contributed by atoms with E-state index in [1.165, 1.54) is 12.1 Å². The molecule has 0 spiro atoms. The average molecular weight is 391 g/mol. The molecule has 0 aliphatic carbocycles. The number of aromatic amines is 1. The van der Waals surface area contributed by atoms with E-state index in [9.17, 15) is 18.7 Å². The van der Waals surface area contributed by atoms with E-state index < -0.39 is 18.1 Å². The lowest BCUT2D eigenvalue weighted by Gasteiger charge is -2.23. The molecule has 2 aromatic heterocycles. The van der Waals surface area contributed by atoms with Gasteiger partial charge in [-0.25, -0.2) is 13.5 Å². The highest BCUT2D eigenvalue weighted by Gasteiger charge is 2.27. The number of nitrogens with zero attached hydrogens (tertiary/aromatic N) is 3. The van der Waals surface area contributed by atoms with Crippen LogP contribution in [0, 0.1) is 5.92 Å². The molecular weight excluding hydrogens is 368 g/mol. The molecule has 3 rings (SSSR count). The molecule has 0 saturated heterocycles. The van der Waals surface area contributed by atoms with Crippen molar-refractivity contribution in [3.05, 3.63) is 51.4 Å². The van der Waals surface area contributed by atoms with E-state index in [2.05, 4.69) is 20.4 Å². The molecular formula is C19H23F2N5O2. The van der Waals surface area contributed by atoms with Crippen LogP contribution in [0.3, 0.4) is 0 Å². The summed E-state index contributed by atoms with van der Waals surface area (Å²) in [7, 11) is 1.63. The number of hydrogen-bond donors (Lipinski definition) is 3. The van der Waals surface area contributed by atoms with E-state index in [-0.39, 0.29) is 34.6 Å². The minimum atomic E-state index is -2.93. The number of H-pyrrole nitrogens is 1. The van der Waals surface area contributed by atoms with Crippen molar-refractivity contribution >= 4 is 17.0 Å². The van der Waals surface area contributed by atoms with Gasteiger partial charge in [-0.05, 0) is 11.5 Å². The van der Waals surface area contributed by atoms with Crippen LogP contribution in [-0.2, 0) is 12.5 Å². The molecule has 0 saturated carbocycles. The van der Waals surface area contributed by atoms with Crippen LogP contribution in [0.15, 0.2) is 29.1 Å². The SMILES string of the molecule is CNc1nc2c(c(CO)nn2[C@@H](c2ccc(C(C)(F)F)cc2)C(C)C)c(=O)[nH]1. The Bertz CT molecular complexity index is 1040. The molecule has 2 heterocycles. The minimum absolute atomic E-state index is 0.0155. The van der Waals surface area contributed by atoms with Gasteiger partial charge in [0.05, 0.1) is 12.6 Å².